The zero-order valence-corrected chi connectivity index (χ0v) is 17.6. The van der Waals surface area contributed by atoms with E-state index >= 15 is 0 Å². The summed E-state index contributed by atoms with van der Waals surface area (Å²) in [6.45, 7) is 3.22. The Hall–Kier alpha value is -3.03. The van der Waals surface area contributed by atoms with Crippen LogP contribution in [0.2, 0.25) is 5.02 Å². The lowest BCUT2D eigenvalue weighted by Crippen LogP contribution is -2.16. The average molecular weight is 437 g/mol. The molecule has 0 aliphatic carbocycles. The van der Waals surface area contributed by atoms with Gasteiger partial charge in [-0.1, -0.05) is 35.9 Å². The first-order chi connectivity index (χ1) is 15.2. The topological polar surface area (TPSA) is 67.7 Å². The van der Waals surface area contributed by atoms with Gasteiger partial charge < -0.3 is 15.2 Å². The first-order valence-electron chi connectivity index (χ1n) is 10.3. The number of rotatable bonds is 6. The molecule has 1 saturated heterocycles. The molecular formula is C23H22ClFN6. The van der Waals surface area contributed by atoms with Crippen molar-refractivity contribution in [1.82, 2.24) is 24.8 Å². The average Bonchev–Trinajstić information content (AvgIpc) is 3.41. The summed E-state index contributed by atoms with van der Waals surface area (Å²) in [4.78, 5) is 14.0. The maximum Gasteiger partial charge on any atom is 0.225 e. The predicted octanol–water partition coefficient (Wildman–Crippen LogP) is 4.51. The van der Waals surface area contributed by atoms with Crippen LogP contribution in [0.3, 0.4) is 0 Å². The van der Waals surface area contributed by atoms with Gasteiger partial charge in [0.25, 0.3) is 0 Å². The fourth-order valence-electron chi connectivity index (χ4n) is 3.98. The number of nitrogens with one attached hydrogen (secondary N) is 2. The Bertz CT molecular complexity index is 1220. The van der Waals surface area contributed by atoms with Crippen LogP contribution in [0.15, 0.2) is 54.7 Å². The fraction of sp³-hybridized carbons (Fsp3) is 0.261. The predicted molar refractivity (Wildman–Crippen MR) is 120 cm³/mol. The van der Waals surface area contributed by atoms with Crippen molar-refractivity contribution >= 4 is 28.7 Å². The van der Waals surface area contributed by atoms with Crippen molar-refractivity contribution in [1.29, 1.82) is 0 Å². The third kappa shape index (κ3) is 4.24. The Morgan fingerprint density at radius 3 is 2.87 bits per heavy atom. The number of halogens is 2. The van der Waals surface area contributed by atoms with Gasteiger partial charge in [0.2, 0.25) is 5.95 Å². The highest BCUT2D eigenvalue weighted by Crippen LogP contribution is 2.31. The Morgan fingerprint density at radius 2 is 2.06 bits per heavy atom. The number of nitrogens with zero attached hydrogens (tertiary/aromatic N) is 4. The molecule has 31 heavy (non-hydrogen) atoms. The summed E-state index contributed by atoms with van der Waals surface area (Å²) in [5, 5.41) is 7.27. The second-order valence-corrected chi connectivity index (χ2v) is 8.18. The molecule has 1 atom stereocenters. The summed E-state index contributed by atoms with van der Waals surface area (Å²) < 4.78 is 15.6. The molecule has 2 aromatic carbocycles. The normalized spacial score (nSPS) is 16.1. The van der Waals surface area contributed by atoms with Crippen LogP contribution in [0.4, 0.5) is 10.3 Å². The molecule has 0 radical (unpaired) electrons. The van der Waals surface area contributed by atoms with Gasteiger partial charge >= 0.3 is 0 Å². The van der Waals surface area contributed by atoms with E-state index in [9.17, 15) is 4.39 Å². The van der Waals surface area contributed by atoms with Gasteiger partial charge in [0.15, 0.2) is 5.65 Å². The van der Waals surface area contributed by atoms with E-state index in [0.29, 0.717) is 23.4 Å². The van der Waals surface area contributed by atoms with E-state index in [4.69, 9.17) is 21.6 Å². The SMILES string of the molecule is Fc1cccc(CNc2ncc3nc(-c4ccccc4Cl)n(C[C@H]4CCNC4)c3n2)c1. The van der Waals surface area contributed by atoms with Crippen LogP contribution >= 0.6 is 11.6 Å². The Kier molecular flexibility index (Phi) is 5.53. The summed E-state index contributed by atoms with van der Waals surface area (Å²) >= 11 is 6.49. The van der Waals surface area contributed by atoms with Crippen molar-refractivity contribution < 1.29 is 4.39 Å². The van der Waals surface area contributed by atoms with Crippen molar-refractivity contribution in [2.75, 3.05) is 18.4 Å². The number of hydrogen-bond acceptors (Lipinski definition) is 5. The summed E-state index contributed by atoms with van der Waals surface area (Å²) in [7, 11) is 0. The third-order valence-corrected chi connectivity index (χ3v) is 5.87. The summed E-state index contributed by atoms with van der Waals surface area (Å²) in [6, 6.07) is 14.2. The van der Waals surface area contributed by atoms with Gasteiger partial charge in [-0.15, -0.1) is 0 Å². The first kappa shape index (κ1) is 19.9. The van der Waals surface area contributed by atoms with Crippen LogP contribution in [0.1, 0.15) is 12.0 Å². The van der Waals surface area contributed by atoms with Crippen molar-refractivity contribution in [2.45, 2.75) is 19.5 Å². The molecule has 0 amide bonds. The molecule has 5 rings (SSSR count). The van der Waals surface area contributed by atoms with Crippen molar-refractivity contribution in [3.05, 3.63) is 71.1 Å². The quantitative estimate of drug-likeness (QED) is 0.465. The molecule has 2 aromatic heterocycles. The zero-order valence-electron chi connectivity index (χ0n) is 16.9. The molecule has 0 bridgehead atoms. The molecule has 0 saturated carbocycles. The van der Waals surface area contributed by atoms with Gasteiger partial charge in [0.1, 0.15) is 17.2 Å². The van der Waals surface area contributed by atoms with Crippen LogP contribution in [0, 0.1) is 11.7 Å². The van der Waals surface area contributed by atoms with Crippen molar-refractivity contribution in [3.8, 4) is 11.4 Å². The second kappa shape index (κ2) is 8.61. The molecule has 2 N–H and O–H groups in total. The van der Waals surface area contributed by atoms with Gasteiger partial charge in [-0.3, -0.25) is 0 Å². The smallest absolute Gasteiger partial charge is 0.225 e. The maximum absolute atomic E-state index is 13.5. The van der Waals surface area contributed by atoms with Crippen LogP contribution in [0.5, 0.6) is 0 Å². The first-order valence-corrected chi connectivity index (χ1v) is 10.7. The number of benzene rings is 2. The van der Waals surface area contributed by atoms with Crippen molar-refractivity contribution in [2.24, 2.45) is 5.92 Å². The Balaban J connectivity index is 1.52. The minimum absolute atomic E-state index is 0.261. The number of fused-ring (bicyclic) bond motifs is 1. The van der Waals surface area contributed by atoms with E-state index in [1.165, 1.54) is 12.1 Å². The number of aromatic nitrogens is 4. The minimum Gasteiger partial charge on any atom is -0.350 e. The van der Waals surface area contributed by atoms with Gasteiger partial charge in [0, 0.05) is 18.7 Å². The maximum atomic E-state index is 13.5. The van der Waals surface area contributed by atoms with Crippen LogP contribution < -0.4 is 10.6 Å². The van der Waals surface area contributed by atoms with Gasteiger partial charge in [-0.2, -0.15) is 4.98 Å². The fourth-order valence-corrected chi connectivity index (χ4v) is 4.20. The summed E-state index contributed by atoms with van der Waals surface area (Å²) in [6.07, 6.45) is 2.83. The third-order valence-electron chi connectivity index (χ3n) is 5.55. The van der Waals surface area contributed by atoms with E-state index in [1.54, 1.807) is 12.3 Å². The lowest BCUT2D eigenvalue weighted by Gasteiger charge is -2.14. The number of imidazole rings is 1. The van der Waals surface area contributed by atoms with E-state index in [-0.39, 0.29) is 5.82 Å². The summed E-state index contributed by atoms with van der Waals surface area (Å²) in [5.41, 5.74) is 3.18. The zero-order chi connectivity index (χ0) is 21.2. The molecule has 1 aliphatic rings. The van der Waals surface area contributed by atoms with E-state index < -0.39 is 0 Å². The van der Waals surface area contributed by atoms with E-state index in [2.05, 4.69) is 20.2 Å². The van der Waals surface area contributed by atoms with E-state index in [1.807, 2.05) is 30.3 Å². The molecular weight excluding hydrogens is 415 g/mol. The van der Waals surface area contributed by atoms with Crippen LogP contribution in [0.25, 0.3) is 22.6 Å². The molecule has 0 spiro atoms. The largest absolute Gasteiger partial charge is 0.350 e. The van der Waals surface area contributed by atoms with Gasteiger partial charge in [-0.05, 0) is 55.3 Å². The molecule has 4 aromatic rings. The second-order valence-electron chi connectivity index (χ2n) is 7.77. The molecule has 0 unspecified atom stereocenters. The highest BCUT2D eigenvalue weighted by Gasteiger charge is 2.22. The Morgan fingerprint density at radius 1 is 1.16 bits per heavy atom. The van der Waals surface area contributed by atoms with Gasteiger partial charge in [-0.25, -0.2) is 14.4 Å². The molecule has 6 nitrogen and oxygen atoms in total. The molecule has 1 fully saturated rings. The van der Waals surface area contributed by atoms with Crippen LogP contribution in [-0.4, -0.2) is 32.6 Å². The lowest BCUT2D eigenvalue weighted by atomic mass is 10.1. The monoisotopic (exact) mass is 436 g/mol. The highest BCUT2D eigenvalue weighted by molar-refractivity contribution is 6.33. The molecule has 8 heteroatoms. The Labute approximate surface area is 184 Å². The minimum atomic E-state index is -0.261. The number of anilines is 1. The van der Waals surface area contributed by atoms with Gasteiger partial charge in [0.05, 0.1) is 11.2 Å². The standard InChI is InChI=1S/C23H22ClFN6/c24-19-7-2-1-6-18(19)21-29-20-13-28-23(27-12-15-4-3-5-17(25)10-15)30-22(20)31(21)14-16-8-9-26-11-16/h1-7,10,13,16,26H,8-9,11-12,14H2,(H,27,28,30)/t16-/m0/s1. The molecule has 1 aliphatic heterocycles. The highest BCUT2D eigenvalue weighted by atomic mass is 35.5. The van der Waals surface area contributed by atoms with E-state index in [0.717, 1.165) is 54.2 Å². The summed E-state index contributed by atoms with van der Waals surface area (Å²) in [5.74, 6) is 1.51. The molecule has 158 valence electrons. The molecule has 3 heterocycles. The number of hydrogen-bond donors (Lipinski definition) is 2. The lowest BCUT2D eigenvalue weighted by molar-refractivity contribution is 0.490. The van der Waals surface area contributed by atoms with Crippen LogP contribution in [-0.2, 0) is 13.1 Å². The van der Waals surface area contributed by atoms with Crippen molar-refractivity contribution in [3.63, 3.8) is 0 Å².